The van der Waals surface area contributed by atoms with E-state index in [2.05, 4.69) is 17.2 Å². The zero-order valence-electron chi connectivity index (χ0n) is 2.60. The van der Waals surface area contributed by atoms with E-state index in [1.54, 1.807) is 0 Å². The molecule has 0 unspecified atom stereocenters. The first-order valence-corrected chi connectivity index (χ1v) is 1.02. The molecule has 0 fully saturated rings. The molecule has 3 heteroatoms. The van der Waals surface area contributed by atoms with E-state index in [9.17, 15) is 0 Å². The summed E-state index contributed by atoms with van der Waals surface area (Å²) < 4.78 is 0. The lowest BCUT2D eigenvalue weighted by molar-refractivity contribution is 1.47. The minimum absolute atomic E-state index is 0.343. The molecule has 0 atom stereocenters. The fourth-order valence-corrected chi connectivity index (χ4v) is 0. The Morgan fingerprint density at radius 2 is 2.20 bits per heavy atom. The van der Waals surface area contributed by atoms with Gasteiger partial charge in [0.1, 0.15) is 0 Å². The zero-order chi connectivity index (χ0) is 4.28. The number of hydrogen-bond donors (Lipinski definition) is 2. The summed E-state index contributed by atoms with van der Waals surface area (Å²) in [5.41, 5.74) is 4.58. The van der Waals surface area contributed by atoms with E-state index in [0.717, 1.165) is 0 Å². The third kappa shape index (κ3) is 2.96. The molecule has 0 aliphatic rings. The zero-order valence-corrected chi connectivity index (χ0v) is 2.60. The van der Waals surface area contributed by atoms with Crippen molar-refractivity contribution >= 4 is 5.96 Å². The number of rotatable bonds is 0. The maximum Gasteiger partial charge on any atom is 0.478 e. The van der Waals surface area contributed by atoms with Gasteiger partial charge in [0, 0.05) is 0 Å². The molecular weight excluding hydrogens is 66.0 g/mol. The normalized spacial score (nSPS) is 5.40. The van der Waals surface area contributed by atoms with Crippen LogP contribution < -0.4 is 5.73 Å². The van der Waals surface area contributed by atoms with Crippen LogP contribution in [-0.4, -0.2) is 5.96 Å². The predicted molar refractivity (Wildman–Crippen MR) is 20.2 cm³/mol. The molecule has 0 aliphatic carbocycles. The van der Waals surface area contributed by atoms with E-state index in [1.807, 2.05) is 0 Å². The largest absolute Gasteiger partial charge is 0.478 e. The summed E-state index contributed by atoms with van der Waals surface area (Å²) in [5.74, 6) is -0.343. The Bertz CT molecular complexity index is 77.4. The van der Waals surface area contributed by atoms with Crippen LogP contribution in [0.3, 0.4) is 0 Å². The Labute approximate surface area is 29.7 Å². The lowest BCUT2D eigenvalue weighted by Crippen LogP contribution is -2.00. The molecule has 0 saturated carbocycles. The van der Waals surface area contributed by atoms with Crippen LogP contribution in [0.1, 0.15) is 0 Å². The van der Waals surface area contributed by atoms with Gasteiger partial charge >= 0.3 is 5.96 Å². The van der Waals surface area contributed by atoms with Gasteiger partial charge in [-0.3, -0.25) is 5.73 Å². The lowest BCUT2D eigenvalue weighted by atomic mass is 11.1. The van der Waals surface area contributed by atoms with E-state index < -0.39 is 0 Å². The van der Waals surface area contributed by atoms with Crippen LogP contribution in [0.5, 0.6) is 0 Å². The predicted octanol–water partition coefficient (Wildman–Crippen LogP) is -0.157. The summed E-state index contributed by atoms with van der Waals surface area (Å²) >= 11 is 0. The first-order chi connectivity index (χ1) is 2.27. The summed E-state index contributed by atoms with van der Waals surface area (Å²) in [6, 6.07) is 0. The van der Waals surface area contributed by atoms with E-state index in [4.69, 9.17) is 5.41 Å². The van der Waals surface area contributed by atoms with Gasteiger partial charge in [0.05, 0.1) is 6.57 Å². The first-order valence-electron chi connectivity index (χ1n) is 1.02. The van der Waals surface area contributed by atoms with Gasteiger partial charge < -0.3 is 0 Å². The molecule has 5 heavy (non-hydrogen) atoms. The number of nitrogens with one attached hydrogen (secondary N) is 1. The Hall–Kier alpha value is -1.04. The standard InChI is InChI=1S/C2H4N3/c1-5-2(3)4/h1H,(H3,3,4)/q+1. The quantitative estimate of drug-likeness (QED) is 0.302. The van der Waals surface area contributed by atoms with Crippen molar-refractivity contribution in [1.29, 1.82) is 5.41 Å². The SMILES string of the molecule is C#[N+]C(=N)N. The maximum absolute atomic E-state index is 6.23. The molecule has 0 bridgehead atoms. The molecule has 0 spiro atoms. The molecule has 26 valence electrons. The minimum atomic E-state index is -0.343. The molecule has 0 saturated heterocycles. The van der Waals surface area contributed by atoms with Crippen LogP contribution in [0.25, 0.3) is 4.85 Å². The van der Waals surface area contributed by atoms with Gasteiger partial charge in [0.25, 0.3) is 0 Å². The van der Waals surface area contributed by atoms with Crippen LogP contribution >= 0.6 is 0 Å². The van der Waals surface area contributed by atoms with Gasteiger partial charge in [-0.05, 0) is 0 Å². The Kier molecular flexibility index (Phi) is 1.03. The molecule has 0 rings (SSSR count). The number of nitrogens with two attached hydrogens (primary N) is 1. The van der Waals surface area contributed by atoms with Gasteiger partial charge in [-0.2, -0.15) is 4.85 Å². The highest BCUT2D eigenvalue weighted by molar-refractivity contribution is 5.84. The van der Waals surface area contributed by atoms with Crippen molar-refractivity contribution in [2.75, 3.05) is 0 Å². The van der Waals surface area contributed by atoms with Crippen molar-refractivity contribution in [1.82, 2.24) is 0 Å². The molecule has 0 aromatic carbocycles. The van der Waals surface area contributed by atoms with Gasteiger partial charge in [0.15, 0.2) is 0 Å². The average molecular weight is 70.1 g/mol. The van der Waals surface area contributed by atoms with Crippen LogP contribution in [-0.2, 0) is 0 Å². The van der Waals surface area contributed by atoms with Crippen molar-refractivity contribution in [2.45, 2.75) is 0 Å². The second kappa shape index (κ2) is 1.30. The van der Waals surface area contributed by atoms with Crippen LogP contribution in [0.15, 0.2) is 0 Å². The third-order valence-electron chi connectivity index (χ3n) is 0.139. The molecular formula is C2H4N3+. The summed E-state index contributed by atoms with van der Waals surface area (Å²) in [5, 5.41) is 6.23. The van der Waals surface area contributed by atoms with E-state index in [1.165, 1.54) is 0 Å². The van der Waals surface area contributed by atoms with E-state index in [0.29, 0.717) is 0 Å². The molecule has 0 amide bonds. The fraction of sp³-hybridized carbons (Fsp3) is 0. The highest BCUT2D eigenvalue weighted by atomic mass is 14.9. The van der Waals surface area contributed by atoms with Gasteiger partial charge in [-0.1, -0.05) is 0 Å². The highest BCUT2D eigenvalue weighted by Gasteiger charge is 1.79. The maximum atomic E-state index is 6.23. The lowest BCUT2D eigenvalue weighted by Gasteiger charge is -1.54. The highest BCUT2D eigenvalue weighted by Crippen LogP contribution is 1.49. The molecule has 3 N–H and O–H groups in total. The van der Waals surface area contributed by atoms with Gasteiger partial charge in [-0.15, -0.1) is 5.41 Å². The van der Waals surface area contributed by atoms with Crippen molar-refractivity contribution in [3.05, 3.63) is 4.85 Å². The Balaban J connectivity index is 3.35. The smallest absolute Gasteiger partial charge is 0.273 e. The van der Waals surface area contributed by atoms with Crippen LogP contribution in [0, 0.1) is 12.0 Å². The Morgan fingerprint density at radius 3 is 2.20 bits per heavy atom. The van der Waals surface area contributed by atoms with Crippen molar-refractivity contribution < 1.29 is 0 Å². The summed E-state index contributed by atoms with van der Waals surface area (Å²) in [6.45, 7) is 4.45. The second-order valence-corrected chi connectivity index (χ2v) is 0.514. The van der Waals surface area contributed by atoms with Gasteiger partial charge in [0.2, 0.25) is 0 Å². The van der Waals surface area contributed by atoms with Crippen LogP contribution in [0.4, 0.5) is 0 Å². The third-order valence-corrected chi connectivity index (χ3v) is 0.139. The summed E-state index contributed by atoms with van der Waals surface area (Å²) in [4.78, 5) is 2.75. The summed E-state index contributed by atoms with van der Waals surface area (Å²) in [6.07, 6.45) is 0. The van der Waals surface area contributed by atoms with Crippen molar-refractivity contribution in [3.8, 4) is 6.57 Å². The molecule has 3 nitrogen and oxygen atoms in total. The molecule has 0 aromatic heterocycles. The first kappa shape index (κ1) is 3.96. The second-order valence-electron chi connectivity index (χ2n) is 0.514. The molecule has 0 heterocycles. The molecule has 0 aliphatic heterocycles. The monoisotopic (exact) mass is 70.0 g/mol. The minimum Gasteiger partial charge on any atom is -0.273 e. The average Bonchev–Trinajstić information content (AvgIpc) is 1.38. The number of guanidine groups is 1. The van der Waals surface area contributed by atoms with Crippen molar-refractivity contribution in [3.63, 3.8) is 0 Å². The fourth-order valence-electron chi connectivity index (χ4n) is 0. The van der Waals surface area contributed by atoms with Crippen molar-refractivity contribution in [2.24, 2.45) is 5.73 Å². The van der Waals surface area contributed by atoms with E-state index >= 15 is 0 Å². The Morgan fingerprint density at radius 1 is 2.00 bits per heavy atom. The number of hydrogen-bond acceptors (Lipinski definition) is 1. The van der Waals surface area contributed by atoms with Gasteiger partial charge in [-0.25, -0.2) is 0 Å². The van der Waals surface area contributed by atoms with Crippen LogP contribution in [0.2, 0.25) is 0 Å². The number of nitrogens with zero attached hydrogens (tertiary/aromatic N) is 1. The van der Waals surface area contributed by atoms with E-state index in [-0.39, 0.29) is 5.96 Å². The molecule has 0 radical (unpaired) electrons. The topological polar surface area (TPSA) is 54.2 Å². The molecule has 0 aromatic rings. The summed E-state index contributed by atoms with van der Waals surface area (Å²) in [7, 11) is 0.